The number of ether oxygens (including phenoxy) is 1. The zero-order valence-corrected chi connectivity index (χ0v) is 9.20. The summed E-state index contributed by atoms with van der Waals surface area (Å²) in [6.45, 7) is 7.11. The van der Waals surface area contributed by atoms with Crippen LogP contribution in [-0.2, 0) is 4.74 Å². The van der Waals surface area contributed by atoms with Crippen LogP contribution in [0.5, 0.6) is 0 Å². The van der Waals surface area contributed by atoms with Crippen LogP contribution in [-0.4, -0.2) is 36.7 Å². The molecule has 1 rings (SSSR count). The van der Waals surface area contributed by atoms with E-state index < -0.39 is 0 Å². The molecule has 1 aliphatic heterocycles. The number of hydrogen-bond acceptors (Lipinski definition) is 3. The zero-order chi connectivity index (χ0) is 10.4. The van der Waals surface area contributed by atoms with Crippen molar-refractivity contribution in [1.29, 1.82) is 5.26 Å². The van der Waals surface area contributed by atoms with Crippen LogP contribution in [0.1, 0.15) is 33.1 Å². The lowest BCUT2D eigenvalue weighted by Gasteiger charge is -2.27. The molecule has 0 aromatic rings. The molecule has 1 fully saturated rings. The summed E-state index contributed by atoms with van der Waals surface area (Å²) >= 11 is 0. The van der Waals surface area contributed by atoms with E-state index >= 15 is 0 Å². The molecule has 0 aliphatic carbocycles. The third-order valence-corrected chi connectivity index (χ3v) is 2.70. The molecule has 0 aromatic carbocycles. The van der Waals surface area contributed by atoms with Gasteiger partial charge >= 0.3 is 0 Å². The third kappa shape index (κ3) is 3.65. The maximum Gasteiger partial charge on any atom is 0.0702 e. The largest absolute Gasteiger partial charge is 0.377 e. The van der Waals surface area contributed by atoms with E-state index in [1.54, 1.807) is 0 Å². The molecule has 0 spiro atoms. The predicted octanol–water partition coefficient (Wildman–Crippen LogP) is 1.79. The number of rotatable bonds is 5. The smallest absolute Gasteiger partial charge is 0.0702 e. The molecule has 0 saturated carbocycles. The number of nitrogens with zero attached hydrogens (tertiary/aromatic N) is 2. The summed E-state index contributed by atoms with van der Waals surface area (Å²) in [6.07, 6.45) is 3.38. The summed E-state index contributed by atoms with van der Waals surface area (Å²) < 4.78 is 5.59. The van der Waals surface area contributed by atoms with Crippen molar-refractivity contribution in [3.05, 3.63) is 0 Å². The van der Waals surface area contributed by atoms with E-state index in [4.69, 9.17) is 10.00 Å². The normalized spacial score (nSPS) is 21.8. The minimum Gasteiger partial charge on any atom is -0.377 e. The van der Waals surface area contributed by atoms with E-state index in [0.29, 0.717) is 18.6 Å². The molecule has 1 saturated heterocycles. The first-order chi connectivity index (χ1) is 6.74. The van der Waals surface area contributed by atoms with Crippen LogP contribution in [0.15, 0.2) is 0 Å². The quantitative estimate of drug-likeness (QED) is 0.672. The monoisotopic (exact) mass is 196 g/mol. The summed E-state index contributed by atoms with van der Waals surface area (Å²) in [5, 5.41) is 8.55. The van der Waals surface area contributed by atoms with E-state index in [1.807, 2.05) is 0 Å². The van der Waals surface area contributed by atoms with E-state index in [1.165, 1.54) is 12.8 Å². The van der Waals surface area contributed by atoms with Gasteiger partial charge in [0.05, 0.1) is 12.2 Å². The van der Waals surface area contributed by atoms with Gasteiger partial charge in [-0.1, -0.05) is 0 Å². The van der Waals surface area contributed by atoms with Gasteiger partial charge in [-0.15, -0.1) is 0 Å². The van der Waals surface area contributed by atoms with E-state index in [0.717, 1.165) is 19.7 Å². The highest BCUT2D eigenvalue weighted by Gasteiger charge is 2.20. The van der Waals surface area contributed by atoms with Crippen LogP contribution >= 0.6 is 0 Å². The number of hydrogen-bond donors (Lipinski definition) is 0. The van der Waals surface area contributed by atoms with Gasteiger partial charge in [-0.25, -0.2) is 0 Å². The van der Waals surface area contributed by atoms with Crippen LogP contribution in [0.3, 0.4) is 0 Å². The molecule has 3 nitrogen and oxygen atoms in total. The average molecular weight is 196 g/mol. The minimum atomic E-state index is 0.399. The maximum absolute atomic E-state index is 8.55. The summed E-state index contributed by atoms with van der Waals surface area (Å²) in [5.41, 5.74) is 0. The van der Waals surface area contributed by atoms with Crippen molar-refractivity contribution in [2.24, 2.45) is 0 Å². The van der Waals surface area contributed by atoms with E-state index in [-0.39, 0.29) is 0 Å². The summed E-state index contributed by atoms with van der Waals surface area (Å²) in [6, 6.07) is 2.70. The summed E-state index contributed by atoms with van der Waals surface area (Å²) in [4.78, 5) is 2.33. The Hall–Kier alpha value is -0.590. The average Bonchev–Trinajstić information content (AvgIpc) is 2.64. The molecule has 0 radical (unpaired) electrons. The van der Waals surface area contributed by atoms with Gasteiger partial charge in [0.25, 0.3) is 0 Å². The van der Waals surface area contributed by atoms with Crippen molar-refractivity contribution in [1.82, 2.24) is 4.90 Å². The topological polar surface area (TPSA) is 36.3 Å². The van der Waals surface area contributed by atoms with Gasteiger partial charge in [-0.3, -0.25) is 4.90 Å². The van der Waals surface area contributed by atoms with Gasteiger partial charge in [0.2, 0.25) is 0 Å². The Labute approximate surface area is 86.6 Å². The lowest BCUT2D eigenvalue weighted by atomic mass is 10.2. The third-order valence-electron chi connectivity index (χ3n) is 2.70. The van der Waals surface area contributed by atoms with Crippen molar-refractivity contribution in [2.45, 2.75) is 45.3 Å². The van der Waals surface area contributed by atoms with Crippen LogP contribution in [0.25, 0.3) is 0 Å². The maximum atomic E-state index is 8.55. The molecule has 14 heavy (non-hydrogen) atoms. The van der Waals surface area contributed by atoms with Crippen molar-refractivity contribution in [2.75, 3.05) is 19.7 Å². The fourth-order valence-corrected chi connectivity index (χ4v) is 1.80. The Morgan fingerprint density at radius 3 is 2.86 bits per heavy atom. The van der Waals surface area contributed by atoms with Crippen LogP contribution < -0.4 is 0 Å². The molecule has 1 heterocycles. The van der Waals surface area contributed by atoms with Gasteiger partial charge in [-0.2, -0.15) is 5.26 Å². The molecular weight excluding hydrogens is 176 g/mol. The molecule has 1 aliphatic rings. The minimum absolute atomic E-state index is 0.399. The fraction of sp³-hybridized carbons (Fsp3) is 0.909. The summed E-state index contributed by atoms with van der Waals surface area (Å²) in [5.74, 6) is 0. The standard InChI is InChI=1S/C11H20N2O/c1-10(2)13(7-4-6-12)9-11-5-3-8-14-11/h10-11H,3-5,7-9H2,1-2H3. The first kappa shape index (κ1) is 11.5. The molecule has 0 N–H and O–H groups in total. The predicted molar refractivity (Wildman–Crippen MR) is 55.9 cm³/mol. The molecule has 1 unspecified atom stereocenters. The first-order valence-corrected chi connectivity index (χ1v) is 5.46. The van der Waals surface area contributed by atoms with Crippen LogP contribution in [0.4, 0.5) is 0 Å². The zero-order valence-electron chi connectivity index (χ0n) is 9.20. The van der Waals surface area contributed by atoms with Crippen LogP contribution in [0.2, 0.25) is 0 Å². The van der Waals surface area contributed by atoms with Gasteiger partial charge in [-0.05, 0) is 26.7 Å². The fourth-order valence-electron chi connectivity index (χ4n) is 1.80. The van der Waals surface area contributed by atoms with Crippen molar-refractivity contribution < 1.29 is 4.74 Å². The van der Waals surface area contributed by atoms with Gasteiger partial charge in [0, 0.05) is 32.2 Å². The Morgan fingerprint density at radius 1 is 1.57 bits per heavy atom. The molecule has 0 amide bonds. The first-order valence-electron chi connectivity index (χ1n) is 5.46. The molecule has 80 valence electrons. The van der Waals surface area contributed by atoms with Crippen molar-refractivity contribution in [3.8, 4) is 6.07 Å². The van der Waals surface area contributed by atoms with E-state index in [9.17, 15) is 0 Å². The summed E-state index contributed by atoms with van der Waals surface area (Å²) in [7, 11) is 0. The molecule has 3 heteroatoms. The Kier molecular flexibility index (Phi) is 4.92. The SMILES string of the molecule is CC(C)N(CCC#N)CC1CCCO1. The Balaban J connectivity index is 2.30. The molecule has 0 bridgehead atoms. The number of nitriles is 1. The molecule has 1 atom stereocenters. The van der Waals surface area contributed by atoms with Gasteiger partial charge < -0.3 is 4.74 Å². The molecular formula is C11H20N2O. The highest BCUT2D eigenvalue weighted by molar-refractivity contribution is 4.77. The van der Waals surface area contributed by atoms with E-state index in [2.05, 4.69) is 24.8 Å². The van der Waals surface area contributed by atoms with Gasteiger partial charge in [0.1, 0.15) is 0 Å². The van der Waals surface area contributed by atoms with Crippen LogP contribution in [0, 0.1) is 11.3 Å². The molecule has 0 aromatic heterocycles. The highest BCUT2D eigenvalue weighted by Crippen LogP contribution is 2.14. The highest BCUT2D eigenvalue weighted by atomic mass is 16.5. The van der Waals surface area contributed by atoms with Gasteiger partial charge in [0.15, 0.2) is 0 Å². The second kappa shape index (κ2) is 6.00. The second-order valence-corrected chi connectivity index (χ2v) is 4.13. The lowest BCUT2D eigenvalue weighted by Crippen LogP contribution is -2.37. The second-order valence-electron chi connectivity index (χ2n) is 4.13. The Morgan fingerprint density at radius 2 is 2.36 bits per heavy atom. The lowest BCUT2D eigenvalue weighted by molar-refractivity contribution is 0.0634. The van der Waals surface area contributed by atoms with Crippen molar-refractivity contribution in [3.63, 3.8) is 0 Å². The Bertz CT molecular complexity index is 192. The van der Waals surface area contributed by atoms with Crippen molar-refractivity contribution >= 4 is 0 Å².